The Kier molecular flexibility index (Phi) is 3.83. The van der Waals surface area contributed by atoms with Crippen LogP contribution in [0.5, 0.6) is 0 Å². The molecule has 0 aliphatic carbocycles. The van der Waals surface area contributed by atoms with Crippen molar-refractivity contribution < 1.29 is 0 Å². The summed E-state index contributed by atoms with van der Waals surface area (Å²) in [6.07, 6.45) is 1.09. The zero-order valence-electron chi connectivity index (χ0n) is 11.5. The van der Waals surface area contributed by atoms with E-state index in [1.165, 1.54) is 33.4 Å². The normalized spacial score (nSPS) is 10.7. The van der Waals surface area contributed by atoms with Gasteiger partial charge in [-0.2, -0.15) is 0 Å². The van der Waals surface area contributed by atoms with Gasteiger partial charge < -0.3 is 5.73 Å². The van der Waals surface area contributed by atoms with Gasteiger partial charge in [0.2, 0.25) is 0 Å². The molecule has 0 unspecified atom stereocenters. The van der Waals surface area contributed by atoms with E-state index in [1.54, 1.807) is 0 Å². The highest BCUT2D eigenvalue weighted by Gasteiger charge is 2.05. The van der Waals surface area contributed by atoms with E-state index in [2.05, 4.69) is 57.2 Å². The molecule has 0 saturated heterocycles. The van der Waals surface area contributed by atoms with Crippen LogP contribution in [0.1, 0.15) is 29.2 Å². The second-order valence-corrected chi connectivity index (χ2v) is 4.84. The molecular weight excluding hydrogens is 218 g/mol. The van der Waals surface area contributed by atoms with Crippen molar-refractivity contribution in [1.82, 2.24) is 0 Å². The number of hydrogen-bond acceptors (Lipinski definition) is 1. The zero-order valence-corrected chi connectivity index (χ0v) is 11.5. The van der Waals surface area contributed by atoms with Crippen molar-refractivity contribution in [1.29, 1.82) is 0 Å². The van der Waals surface area contributed by atoms with Crippen molar-refractivity contribution in [2.24, 2.45) is 5.73 Å². The highest BCUT2D eigenvalue weighted by atomic mass is 14.5. The molecule has 1 heteroatoms. The molecule has 2 N–H and O–H groups in total. The molecule has 18 heavy (non-hydrogen) atoms. The molecular formula is C17H21N. The van der Waals surface area contributed by atoms with Crippen LogP contribution in [0.4, 0.5) is 0 Å². The Hall–Kier alpha value is -1.60. The molecule has 0 aliphatic rings. The van der Waals surface area contributed by atoms with Gasteiger partial charge in [-0.25, -0.2) is 0 Å². The molecule has 0 amide bonds. The fourth-order valence-electron chi connectivity index (χ4n) is 2.41. The van der Waals surface area contributed by atoms with Gasteiger partial charge in [0.15, 0.2) is 0 Å². The van der Waals surface area contributed by atoms with E-state index in [-0.39, 0.29) is 0 Å². The summed E-state index contributed by atoms with van der Waals surface area (Å²) in [4.78, 5) is 0. The molecule has 0 aromatic heterocycles. The second kappa shape index (κ2) is 5.36. The molecule has 0 saturated carbocycles. The number of benzene rings is 2. The maximum Gasteiger partial charge on any atom is 0.0183 e. The van der Waals surface area contributed by atoms with Gasteiger partial charge >= 0.3 is 0 Å². The van der Waals surface area contributed by atoms with E-state index in [9.17, 15) is 0 Å². The Bertz CT molecular complexity index is 515. The first-order valence-corrected chi connectivity index (χ1v) is 6.55. The van der Waals surface area contributed by atoms with E-state index in [1.807, 2.05) is 0 Å². The Morgan fingerprint density at radius 1 is 0.889 bits per heavy atom. The van der Waals surface area contributed by atoms with Gasteiger partial charge in [0.1, 0.15) is 0 Å². The van der Waals surface area contributed by atoms with Gasteiger partial charge in [-0.3, -0.25) is 0 Å². The Morgan fingerprint density at radius 2 is 1.44 bits per heavy atom. The third kappa shape index (κ3) is 2.46. The van der Waals surface area contributed by atoms with Gasteiger partial charge in [-0.15, -0.1) is 0 Å². The van der Waals surface area contributed by atoms with Crippen LogP contribution in [0.15, 0.2) is 36.4 Å². The predicted molar refractivity (Wildman–Crippen MR) is 78.6 cm³/mol. The summed E-state index contributed by atoms with van der Waals surface area (Å²) in [5.74, 6) is 0. The van der Waals surface area contributed by atoms with Crippen LogP contribution >= 0.6 is 0 Å². The van der Waals surface area contributed by atoms with E-state index in [4.69, 9.17) is 5.73 Å². The summed E-state index contributed by atoms with van der Waals surface area (Å²) < 4.78 is 0. The van der Waals surface area contributed by atoms with E-state index in [0.29, 0.717) is 6.54 Å². The van der Waals surface area contributed by atoms with Crippen molar-refractivity contribution in [3.63, 3.8) is 0 Å². The van der Waals surface area contributed by atoms with Gasteiger partial charge in [-0.05, 0) is 53.6 Å². The summed E-state index contributed by atoms with van der Waals surface area (Å²) in [5, 5.41) is 0. The molecule has 0 spiro atoms. The van der Waals surface area contributed by atoms with Crippen molar-refractivity contribution in [3.8, 4) is 11.1 Å². The first kappa shape index (κ1) is 12.8. The number of rotatable bonds is 3. The van der Waals surface area contributed by atoms with E-state index >= 15 is 0 Å². The highest BCUT2D eigenvalue weighted by molar-refractivity contribution is 5.66. The van der Waals surface area contributed by atoms with Gasteiger partial charge in [-0.1, -0.05) is 43.3 Å². The second-order valence-electron chi connectivity index (χ2n) is 4.84. The molecule has 1 nitrogen and oxygen atoms in total. The molecule has 0 atom stereocenters. The van der Waals surface area contributed by atoms with Crippen LogP contribution < -0.4 is 5.73 Å². The molecule has 2 aromatic carbocycles. The van der Waals surface area contributed by atoms with Crippen LogP contribution in [-0.4, -0.2) is 0 Å². The lowest BCUT2D eigenvalue weighted by Gasteiger charge is -2.11. The molecule has 0 fully saturated rings. The molecule has 94 valence electrons. The smallest absolute Gasteiger partial charge is 0.0183 e. The van der Waals surface area contributed by atoms with E-state index in [0.717, 1.165) is 6.42 Å². The maximum atomic E-state index is 5.78. The monoisotopic (exact) mass is 239 g/mol. The average molecular weight is 239 g/mol. The van der Waals surface area contributed by atoms with Crippen LogP contribution in [0.3, 0.4) is 0 Å². The summed E-state index contributed by atoms with van der Waals surface area (Å²) in [5.41, 5.74) is 13.6. The highest BCUT2D eigenvalue weighted by Crippen LogP contribution is 2.25. The number of nitrogens with two attached hydrogens (primary N) is 1. The fraction of sp³-hybridized carbons (Fsp3) is 0.294. The number of aryl methyl sites for hydroxylation is 3. The van der Waals surface area contributed by atoms with Crippen molar-refractivity contribution in [3.05, 3.63) is 58.7 Å². The Balaban J connectivity index is 2.44. The maximum absolute atomic E-state index is 5.78. The van der Waals surface area contributed by atoms with Crippen LogP contribution in [0.25, 0.3) is 11.1 Å². The van der Waals surface area contributed by atoms with Crippen molar-refractivity contribution in [2.45, 2.75) is 33.7 Å². The standard InChI is InChI=1S/C17H21N/c1-4-14-5-7-15(8-6-14)16-9-12(2)17(11-18)13(3)10-16/h5-10H,4,11,18H2,1-3H3. The minimum Gasteiger partial charge on any atom is -0.326 e. The molecule has 2 rings (SSSR count). The Labute approximate surface area is 110 Å². The quantitative estimate of drug-likeness (QED) is 0.861. The Morgan fingerprint density at radius 3 is 1.89 bits per heavy atom. The topological polar surface area (TPSA) is 26.0 Å². The summed E-state index contributed by atoms with van der Waals surface area (Å²) in [6, 6.07) is 13.3. The summed E-state index contributed by atoms with van der Waals surface area (Å²) >= 11 is 0. The summed E-state index contributed by atoms with van der Waals surface area (Å²) in [6.45, 7) is 7.07. The van der Waals surface area contributed by atoms with Gasteiger partial charge in [0, 0.05) is 6.54 Å². The minimum atomic E-state index is 0.618. The van der Waals surface area contributed by atoms with Crippen molar-refractivity contribution in [2.75, 3.05) is 0 Å². The van der Waals surface area contributed by atoms with Crippen molar-refractivity contribution >= 4 is 0 Å². The number of hydrogen-bond donors (Lipinski definition) is 1. The SMILES string of the molecule is CCc1ccc(-c2cc(C)c(CN)c(C)c2)cc1. The molecule has 2 aromatic rings. The zero-order chi connectivity index (χ0) is 13.1. The van der Waals surface area contributed by atoms with Gasteiger partial charge in [0.25, 0.3) is 0 Å². The molecule has 0 radical (unpaired) electrons. The first-order chi connectivity index (χ1) is 8.65. The lowest BCUT2D eigenvalue weighted by Crippen LogP contribution is -2.02. The summed E-state index contributed by atoms with van der Waals surface area (Å²) in [7, 11) is 0. The van der Waals surface area contributed by atoms with Crippen LogP contribution in [0, 0.1) is 13.8 Å². The minimum absolute atomic E-state index is 0.618. The fourth-order valence-corrected chi connectivity index (χ4v) is 2.41. The van der Waals surface area contributed by atoms with Crippen LogP contribution in [0.2, 0.25) is 0 Å². The lowest BCUT2D eigenvalue weighted by molar-refractivity contribution is 1.03. The molecule has 0 aliphatic heterocycles. The molecule has 0 bridgehead atoms. The lowest BCUT2D eigenvalue weighted by atomic mass is 9.95. The van der Waals surface area contributed by atoms with Gasteiger partial charge in [0.05, 0.1) is 0 Å². The average Bonchev–Trinajstić information content (AvgIpc) is 2.38. The third-order valence-corrected chi connectivity index (χ3v) is 3.60. The molecule has 0 heterocycles. The first-order valence-electron chi connectivity index (χ1n) is 6.55. The largest absolute Gasteiger partial charge is 0.326 e. The van der Waals surface area contributed by atoms with E-state index < -0.39 is 0 Å². The third-order valence-electron chi connectivity index (χ3n) is 3.60. The predicted octanol–water partition coefficient (Wildman–Crippen LogP) is 3.99. The van der Waals surface area contributed by atoms with Crippen LogP contribution in [-0.2, 0) is 13.0 Å².